The molecule has 1 fully saturated rings. The van der Waals surface area contributed by atoms with Crippen LogP contribution in [0.15, 0.2) is 35.1 Å². The van der Waals surface area contributed by atoms with Gasteiger partial charge in [-0.25, -0.2) is 0 Å². The highest BCUT2D eigenvalue weighted by atomic mass is 19.2. The zero-order valence-corrected chi connectivity index (χ0v) is 9.90. The summed E-state index contributed by atoms with van der Waals surface area (Å²) in [6, 6.07) is 8.45. The van der Waals surface area contributed by atoms with Gasteiger partial charge in [0.2, 0.25) is 0 Å². The summed E-state index contributed by atoms with van der Waals surface area (Å²) < 4.78 is 13.7. The van der Waals surface area contributed by atoms with Crippen LogP contribution < -0.4 is 15.8 Å². The molecule has 0 radical (unpaired) electrons. The van der Waals surface area contributed by atoms with Gasteiger partial charge in [0.1, 0.15) is 0 Å². The van der Waals surface area contributed by atoms with Crippen LogP contribution in [0.5, 0.6) is 0 Å². The summed E-state index contributed by atoms with van der Waals surface area (Å²) in [7, 11) is 0. The van der Waals surface area contributed by atoms with E-state index < -0.39 is 5.56 Å². The maximum absolute atomic E-state index is 13.7. The van der Waals surface area contributed by atoms with Gasteiger partial charge in [-0.1, -0.05) is 10.5 Å². The van der Waals surface area contributed by atoms with Crippen LogP contribution in [-0.4, -0.2) is 31.0 Å². The van der Waals surface area contributed by atoms with Crippen LogP contribution in [-0.2, 0) is 0 Å². The molecule has 1 N–H and O–H groups in total. The smallest absolute Gasteiger partial charge is 0.279 e. The zero-order valence-electron chi connectivity index (χ0n) is 9.90. The highest BCUT2D eigenvalue weighted by Crippen LogP contribution is 2.21. The third-order valence-electron chi connectivity index (χ3n) is 3.31. The fourth-order valence-electron chi connectivity index (χ4n) is 2.31. The first kappa shape index (κ1) is 11.2. The summed E-state index contributed by atoms with van der Waals surface area (Å²) in [5.74, 6) is 0. The van der Waals surface area contributed by atoms with Gasteiger partial charge >= 0.3 is 0 Å². The van der Waals surface area contributed by atoms with Gasteiger partial charge in [-0.05, 0) is 18.2 Å². The number of hydrogen-bond donors (Lipinski definition) is 1. The van der Waals surface area contributed by atoms with Crippen LogP contribution >= 0.6 is 0 Å². The maximum atomic E-state index is 13.7. The van der Waals surface area contributed by atoms with E-state index in [4.69, 9.17) is 0 Å². The second-order valence-electron chi connectivity index (χ2n) is 4.43. The van der Waals surface area contributed by atoms with Gasteiger partial charge in [0, 0.05) is 43.3 Å². The molecule has 1 aromatic carbocycles. The molecule has 2 heterocycles. The lowest BCUT2D eigenvalue weighted by Crippen LogP contribution is -2.43. The molecular formula is C13H14FN3O. The van der Waals surface area contributed by atoms with E-state index in [1.54, 1.807) is 12.1 Å². The number of rotatable bonds is 1. The Labute approximate surface area is 104 Å². The van der Waals surface area contributed by atoms with E-state index in [1.807, 2.05) is 12.1 Å². The Hall–Kier alpha value is -1.88. The number of nitrogens with one attached hydrogen (secondary N) is 1. The van der Waals surface area contributed by atoms with Gasteiger partial charge in [-0.3, -0.25) is 4.79 Å². The predicted molar refractivity (Wildman–Crippen MR) is 69.8 cm³/mol. The van der Waals surface area contributed by atoms with Gasteiger partial charge in [0.15, 0.2) is 0 Å². The highest BCUT2D eigenvalue weighted by Gasteiger charge is 2.11. The number of anilines is 1. The molecular weight excluding hydrogens is 233 g/mol. The maximum Gasteiger partial charge on any atom is 0.279 e. The quantitative estimate of drug-likeness (QED) is 0.821. The summed E-state index contributed by atoms with van der Waals surface area (Å²) in [4.78, 5) is 13.7. The SMILES string of the molecule is O=c1ccc2ccc(N3CCNCC3)cc2n1F. The first-order valence-corrected chi connectivity index (χ1v) is 6.03. The Morgan fingerprint density at radius 2 is 1.83 bits per heavy atom. The van der Waals surface area contributed by atoms with E-state index in [1.165, 1.54) is 6.07 Å². The van der Waals surface area contributed by atoms with Crippen molar-refractivity contribution in [3.05, 3.63) is 40.7 Å². The molecule has 1 aliphatic heterocycles. The lowest BCUT2D eigenvalue weighted by atomic mass is 10.2. The van der Waals surface area contributed by atoms with Crippen LogP contribution in [0.3, 0.4) is 0 Å². The van der Waals surface area contributed by atoms with E-state index in [0.29, 0.717) is 5.52 Å². The van der Waals surface area contributed by atoms with Crippen molar-refractivity contribution in [2.45, 2.75) is 0 Å². The van der Waals surface area contributed by atoms with Crippen molar-refractivity contribution in [3.8, 4) is 0 Å². The topological polar surface area (TPSA) is 37.3 Å². The van der Waals surface area contributed by atoms with Gasteiger partial charge in [0.05, 0.1) is 5.52 Å². The van der Waals surface area contributed by atoms with E-state index >= 15 is 0 Å². The number of pyridine rings is 1. The van der Waals surface area contributed by atoms with Crippen molar-refractivity contribution in [3.63, 3.8) is 0 Å². The molecule has 5 heteroatoms. The summed E-state index contributed by atoms with van der Waals surface area (Å²) in [6.07, 6.45) is 0. The van der Waals surface area contributed by atoms with Gasteiger partial charge in [-0.2, -0.15) is 0 Å². The molecule has 0 saturated carbocycles. The number of nitrogens with zero attached hydrogens (tertiary/aromatic N) is 2. The van der Waals surface area contributed by atoms with Crippen molar-refractivity contribution < 1.29 is 4.48 Å². The zero-order chi connectivity index (χ0) is 12.5. The second-order valence-corrected chi connectivity index (χ2v) is 4.43. The molecule has 0 aliphatic carbocycles. The highest BCUT2D eigenvalue weighted by molar-refractivity contribution is 5.82. The van der Waals surface area contributed by atoms with E-state index in [0.717, 1.165) is 37.3 Å². The Bertz CT molecular complexity index is 632. The molecule has 0 unspecified atom stereocenters. The average molecular weight is 247 g/mol. The minimum Gasteiger partial charge on any atom is -0.369 e. The Morgan fingerprint density at radius 3 is 2.61 bits per heavy atom. The molecule has 0 spiro atoms. The Morgan fingerprint density at radius 1 is 1.11 bits per heavy atom. The largest absolute Gasteiger partial charge is 0.369 e. The lowest BCUT2D eigenvalue weighted by molar-refractivity contribution is 0.371. The van der Waals surface area contributed by atoms with Crippen LogP contribution in [0.1, 0.15) is 0 Å². The number of fused-ring (bicyclic) bond motifs is 1. The van der Waals surface area contributed by atoms with Gasteiger partial charge < -0.3 is 10.2 Å². The third kappa shape index (κ3) is 1.86. The lowest BCUT2D eigenvalue weighted by Gasteiger charge is -2.29. The molecule has 1 aliphatic rings. The summed E-state index contributed by atoms with van der Waals surface area (Å²) in [5.41, 5.74) is 0.666. The number of benzene rings is 1. The average Bonchev–Trinajstić information content (AvgIpc) is 2.44. The first-order valence-electron chi connectivity index (χ1n) is 6.03. The number of hydrogen-bond acceptors (Lipinski definition) is 3. The number of halogens is 1. The van der Waals surface area contributed by atoms with E-state index in [-0.39, 0.29) is 4.79 Å². The second kappa shape index (κ2) is 4.42. The van der Waals surface area contributed by atoms with Gasteiger partial charge in [-0.15, -0.1) is 4.79 Å². The van der Waals surface area contributed by atoms with Crippen LogP contribution in [0.4, 0.5) is 10.2 Å². The molecule has 0 bridgehead atoms. The minimum atomic E-state index is -0.625. The third-order valence-corrected chi connectivity index (χ3v) is 3.31. The minimum absolute atomic E-state index is 0.209. The Balaban J connectivity index is 2.09. The standard InChI is InChI=1S/C13H14FN3O/c14-17-12-9-11(16-7-5-15-6-8-16)3-1-10(12)2-4-13(17)18/h1-4,9,15H,5-8H2. The molecule has 1 saturated heterocycles. The van der Waals surface area contributed by atoms with E-state index in [2.05, 4.69) is 10.2 Å². The molecule has 0 amide bonds. The fourth-order valence-corrected chi connectivity index (χ4v) is 2.31. The van der Waals surface area contributed by atoms with Crippen molar-refractivity contribution in [2.24, 2.45) is 0 Å². The van der Waals surface area contributed by atoms with Crippen LogP contribution in [0.25, 0.3) is 10.9 Å². The molecule has 2 aromatic rings. The normalized spacial score (nSPS) is 16.2. The van der Waals surface area contributed by atoms with Crippen molar-refractivity contribution in [2.75, 3.05) is 31.1 Å². The van der Waals surface area contributed by atoms with Crippen molar-refractivity contribution in [1.82, 2.24) is 10.1 Å². The van der Waals surface area contributed by atoms with Crippen LogP contribution in [0, 0.1) is 0 Å². The molecule has 1 aromatic heterocycles. The van der Waals surface area contributed by atoms with Crippen molar-refractivity contribution in [1.29, 1.82) is 0 Å². The Kier molecular flexibility index (Phi) is 2.76. The number of aromatic nitrogens is 1. The first-order chi connectivity index (χ1) is 8.75. The molecule has 18 heavy (non-hydrogen) atoms. The predicted octanol–water partition coefficient (Wildman–Crippen LogP) is 1.14. The fraction of sp³-hybridized carbons (Fsp3) is 0.308. The van der Waals surface area contributed by atoms with E-state index in [9.17, 15) is 9.28 Å². The summed E-state index contributed by atoms with van der Waals surface area (Å²) in [6.45, 7) is 3.65. The molecule has 4 nitrogen and oxygen atoms in total. The molecule has 0 atom stereocenters. The molecule has 94 valence electrons. The van der Waals surface area contributed by atoms with Gasteiger partial charge in [0.25, 0.3) is 5.56 Å². The monoisotopic (exact) mass is 247 g/mol. The molecule has 3 rings (SSSR count). The summed E-state index contributed by atoms with van der Waals surface area (Å²) in [5, 5.41) is 4.00. The summed E-state index contributed by atoms with van der Waals surface area (Å²) >= 11 is 0. The number of piperazine rings is 1. The van der Waals surface area contributed by atoms with Crippen molar-refractivity contribution >= 4 is 16.6 Å². The van der Waals surface area contributed by atoms with Crippen LogP contribution in [0.2, 0.25) is 0 Å².